The van der Waals surface area contributed by atoms with Crippen LogP contribution in [0.5, 0.6) is 0 Å². The first kappa shape index (κ1) is 13.9. The number of hydrogen-bond acceptors (Lipinski definition) is 1. The van der Waals surface area contributed by atoms with Gasteiger partial charge in [0.15, 0.2) is 0 Å². The molecule has 0 aliphatic heterocycles. The van der Waals surface area contributed by atoms with Crippen molar-refractivity contribution in [3.63, 3.8) is 0 Å². The third kappa shape index (κ3) is 3.07. The van der Waals surface area contributed by atoms with Gasteiger partial charge in [-0.15, -0.1) is 0 Å². The molecule has 3 unspecified atom stereocenters. The van der Waals surface area contributed by atoms with E-state index >= 15 is 0 Å². The predicted octanol–water partition coefficient (Wildman–Crippen LogP) is 4.74. The molecule has 1 saturated carbocycles. The van der Waals surface area contributed by atoms with Gasteiger partial charge in [0.1, 0.15) is 0 Å². The number of hydrogen-bond donors (Lipinski definition) is 1. The zero-order chi connectivity index (χ0) is 13.1. The molecule has 2 rings (SSSR count). The van der Waals surface area contributed by atoms with Crippen molar-refractivity contribution < 1.29 is 0 Å². The highest BCUT2D eigenvalue weighted by Gasteiger charge is 2.26. The van der Waals surface area contributed by atoms with Crippen LogP contribution < -0.4 is 5.32 Å². The SMILES string of the molecule is CNC(c1ccc(C)c(Cl)c1)C1CCCC(C)C1. The van der Waals surface area contributed by atoms with E-state index in [1.165, 1.54) is 31.2 Å². The largest absolute Gasteiger partial charge is 0.313 e. The second kappa shape index (κ2) is 6.08. The Morgan fingerprint density at radius 3 is 2.72 bits per heavy atom. The second-order valence-electron chi connectivity index (χ2n) is 5.81. The maximum Gasteiger partial charge on any atom is 0.0438 e. The monoisotopic (exact) mass is 265 g/mol. The van der Waals surface area contributed by atoms with Crippen LogP contribution in [0.3, 0.4) is 0 Å². The molecule has 0 aromatic heterocycles. The average molecular weight is 266 g/mol. The quantitative estimate of drug-likeness (QED) is 0.833. The predicted molar refractivity (Wildman–Crippen MR) is 79.1 cm³/mol. The van der Waals surface area contributed by atoms with Gasteiger partial charge >= 0.3 is 0 Å². The Kier molecular flexibility index (Phi) is 4.69. The summed E-state index contributed by atoms with van der Waals surface area (Å²) >= 11 is 6.25. The van der Waals surface area contributed by atoms with Crippen LogP contribution in [-0.4, -0.2) is 7.05 Å². The molecule has 1 aromatic rings. The van der Waals surface area contributed by atoms with E-state index in [1.54, 1.807) is 0 Å². The average Bonchev–Trinajstić information content (AvgIpc) is 2.35. The van der Waals surface area contributed by atoms with E-state index in [-0.39, 0.29) is 0 Å². The molecule has 3 atom stereocenters. The van der Waals surface area contributed by atoms with Crippen LogP contribution in [0.25, 0.3) is 0 Å². The highest BCUT2D eigenvalue weighted by molar-refractivity contribution is 6.31. The summed E-state index contributed by atoms with van der Waals surface area (Å²) < 4.78 is 0. The van der Waals surface area contributed by atoms with Crippen molar-refractivity contribution in [2.24, 2.45) is 11.8 Å². The molecule has 1 nitrogen and oxygen atoms in total. The van der Waals surface area contributed by atoms with Gasteiger partial charge in [-0.05, 0) is 55.8 Å². The van der Waals surface area contributed by atoms with Gasteiger partial charge in [-0.1, -0.05) is 43.5 Å². The molecule has 1 aliphatic carbocycles. The summed E-state index contributed by atoms with van der Waals surface area (Å²) in [6.45, 7) is 4.43. The highest BCUT2D eigenvalue weighted by Crippen LogP contribution is 2.37. The first-order chi connectivity index (χ1) is 8.61. The molecule has 1 fully saturated rings. The van der Waals surface area contributed by atoms with Crippen LogP contribution in [0.15, 0.2) is 18.2 Å². The zero-order valence-corrected chi connectivity index (χ0v) is 12.4. The Bertz CT molecular complexity index is 402. The third-order valence-electron chi connectivity index (χ3n) is 4.31. The van der Waals surface area contributed by atoms with Crippen molar-refractivity contribution in [2.45, 2.75) is 45.6 Å². The van der Waals surface area contributed by atoms with E-state index in [4.69, 9.17) is 11.6 Å². The molecule has 0 heterocycles. The van der Waals surface area contributed by atoms with Gasteiger partial charge < -0.3 is 5.32 Å². The van der Waals surface area contributed by atoms with Crippen LogP contribution >= 0.6 is 11.6 Å². The molecular weight excluding hydrogens is 242 g/mol. The third-order valence-corrected chi connectivity index (χ3v) is 4.72. The van der Waals surface area contributed by atoms with E-state index < -0.39 is 0 Å². The minimum absolute atomic E-state index is 0.450. The molecule has 1 aliphatic rings. The fourth-order valence-corrected chi connectivity index (χ4v) is 3.45. The topological polar surface area (TPSA) is 12.0 Å². The Hall–Kier alpha value is -0.530. The fraction of sp³-hybridized carbons (Fsp3) is 0.625. The van der Waals surface area contributed by atoms with Gasteiger partial charge in [0.05, 0.1) is 0 Å². The Balaban J connectivity index is 2.18. The molecule has 18 heavy (non-hydrogen) atoms. The molecule has 0 radical (unpaired) electrons. The summed E-state index contributed by atoms with van der Waals surface area (Å²) in [5.41, 5.74) is 2.50. The maximum absolute atomic E-state index is 6.25. The Labute approximate surface area is 116 Å². The first-order valence-corrected chi connectivity index (χ1v) is 7.43. The van der Waals surface area contributed by atoms with Crippen molar-refractivity contribution in [1.82, 2.24) is 5.32 Å². The number of nitrogens with one attached hydrogen (secondary N) is 1. The van der Waals surface area contributed by atoms with Crippen LogP contribution in [0.1, 0.15) is 49.8 Å². The fourth-order valence-electron chi connectivity index (χ4n) is 3.26. The van der Waals surface area contributed by atoms with Crippen molar-refractivity contribution in [3.8, 4) is 0 Å². The van der Waals surface area contributed by atoms with Gasteiger partial charge in [0, 0.05) is 11.1 Å². The van der Waals surface area contributed by atoms with Gasteiger partial charge in [-0.25, -0.2) is 0 Å². The van der Waals surface area contributed by atoms with Crippen molar-refractivity contribution >= 4 is 11.6 Å². The molecule has 0 spiro atoms. The minimum Gasteiger partial charge on any atom is -0.313 e. The Morgan fingerprint density at radius 2 is 2.11 bits per heavy atom. The van der Waals surface area contributed by atoms with E-state index in [2.05, 4.69) is 44.4 Å². The maximum atomic E-state index is 6.25. The van der Waals surface area contributed by atoms with Crippen LogP contribution in [0, 0.1) is 18.8 Å². The van der Waals surface area contributed by atoms with Crippen LogP contribution in [0.2, 0.25) is 5.02 Å². The lowest BCUT2D eigenvalue weighted by atomic mass is 9.76. The molecular formula is C16H24ClN. The van der Waals surface area contributed by atoms with Crippen molar-refractivity contribution in [3.05, 3.63) is 34.3 Å². The minimum atomic E-state index is 0.450. The number of aryl methyl sites for hydroxylation is 1. The molecule has 2 heteroatoms. The van der Waals surface area contributed by atoms with Crippen LogP contribution in [0.4, 0.5) is 0 Å². The summed E-state index contributed by atoms with van der Waals surface area (Å²) in [7, 11) is 2.07. The van der Waals surface area contributed by atoms with E-state index in [0.29, 0.717) is 6.04 Å². The van der Waals surface area contributed by atoms with Crippen molar-refractivity contribution in [1.29, 1.82) is 0 Å². The lowest BCUT2D eigenvalue weighted by Crippen LogP contribution is -2.29. The summed E-state index contributed by atoms with van der Waals surface area (Å²) in [4.78, 5) is 0. The normalized spacial score (nSPS) is 26.0. The van der Waals surface area contributed by atoms with Crippen molar-refractivity contribution in [2.75, 3.05) is 7.05 Å². The first-order valence-electron chi connectivity index (χ1n) is 7.05. The summed E-state index contributed by atoms with van der Waals surface area (Å²) in [6.07, 6.45) is 5.42. The number of rotatable bonds is 3. The molecule has 100 valence electrons. The molecule has 1 aromatic carbocycles. The standard InChI is InChI=1S/C16H24ClN/c1-11-5-4-6-13(9-11)16(18-3)14-8-7-12(2)15(17)10-14/h7-8,10-11,13,16,18H,4-6,9H2,1-3H3. The summed E-state index contributed by atoms with van der Waals surface area (Å²) in [5, 5.41) is 4.38. The second-order valence-corrected chi connectivity index (χ2v) is 6.21. The van der Waals surface area contributed by atoms with Gasteiger partial charge in [-0.3, -0.25) is 0 Å². The summed E-state index contributed by atoms with van der Waals surface area (Å²) in [6, 6.07) is 6.94. The highest BCUT2D eigenvalue weighted by atomic mass is 35.5. The van der Waals surface area contributed by atoms with E-state index in [9.17, 15) is 0 Å². The Morgan fingerprint density at radius 1 is 1.33 bits per heavy atom. The molecule has 0 amide bonds. The summed E-state index contributed by atoms with van der Waals surface area (Å²) in [5.74, 6) is 1.61. The van der Waals surface area contributed by atoms with E-state index in [1.807, 2.05) is 0 Å². The molecule has 0 bridgehead atoms. The van der Waals surface area contributed by atoms with Crippen LogP contribution in [-0.2, 0) is 0 Å². The lowest BCUT2D eigenvalue weighted by Gasteiger charge is -2.33. The molecule has 0 saturated heterocycles. The lowest BCUT2D eigenvalue weighted by molar-refractivity contribution is 0.230. The zero-order valence-electron chi connectivity index (χ0n) is 11.7. The molecule has 1 N–H and O–H groups in total. The van der Waals surface area contributed by atoms with E-state index in [0.717, 1.165) is 22.4 Å². The number of benzene rings is 1. The van der Waals surface area contributed by atoms with Gasteiger partial charge in [0.25, 0.3) is 0 Å². The van der Waals surface area contributed by atoms with Gasteiger partial charge in [-0.2, -0.15) is 0 Å². The van der Waals surface area contributed by atoms with Gasteiger partial charge in [0.2, 0.25) is 0 Å². The number of halogens is 1. The smallest absolute Gasteiger partial charge is 0.0438 e.